The first-order chi connectivity index (χ1) is 11.6. The molecule has 1 spiro atoms. The standard InChI is InChI=1S/C20H38N2O3/c1-18(2,3)25-17(24)22-12-9-16(21-14-19(4,5)15-23)13-20(22)10-7-6-8-11-20/h16,21,23H,6-15H2,1-5H3. The molecule has 1 saturated carbocycles. The summed E-state index contributed by atoms with van der Waals surface area (Å²) in [6.45, 7) is 11.7. The monoisotopic (exact) mass is 354 g/mol. The average Bonchev–Trinajstić information content (AvgIpc) is 2.52. The minimum absolute atomic E-state index is 0.0557. The summed E-state index contributed by atoms with van der Waals surface area (Å²) < 4.78 is 5.71. The second kappa shape index (κ2) is 7.83. The van der Waals surface area contributed by atoms with Gasteiger partial charge < -0.3 is 20.1 Å². The minimum atomic E-state index is -0.451. The number of amides is 1. The van der Waals surface area contributed by atoms with Crippen molar-refractivity contribution in [1.82, 2.24) is 10.2 Å². The Balaban J connectivity index is 2.07. The number of likely N-dealkylation sites (tertiary alicyclic amines) is 1. The number of aliphatic hydroxyl groups is 1. The third-order valence-electron chi connectivity index (χ3n) is 5.60. The van der Waals surface area contributed by atoms with Gasteiger partial charge in [-0.1, -0.05) is 33.1 Å². The zero-order chi connectivity index (χ0) is 18.7. The minimum Gasteiger partial charge on any atom is -0.444 e. The molecule has 2 N–H and O–H groups in total. The number of rotatable bonds is 4. The normalized spacial score (nSPS) is 24.4. The molecule has 0 aromatic heterocycles. The van der Waals surface area contributed by atoms with Crippen LogP contribution in [0.15, 0.2) is 0 Å². The lowest BCUT2D eigenvalue weighted by Crippen LogP contribution is -2.61. The van der Waals surface area contributed by atoms with Gasteiger partial charge in [-0.2, -0.15) is 0 Å². The van der Waals surface area contributed by atoms with Gasteiger partial charge in [0.2, 0.25) is 0 Å². The summed E-state index contributed by atoms with van der Waals surface area (Å²) in [5.74, 6) is 0. The molecule has 146 valence electrons. The Hall–Kier alpha value is -0.810. The molecule has 1 saturated heterocycles. The fourth-order valence-electron chi connectivity index (χ4n) is 4.13. The highest BCUT2D eigenvalue weighted by molar-refractivity contribution is 5.69. The first-order valence-electron chi connectivity index (χ1n) is 9.92. The lowest BCUT2D eigenvalue weighted by atomic mass is 9.73. The zero-order valence-corrected chi connectivity index (χ0v) is 16.9. The van der Waals surface area contributed by atoms with Crippen LogP contribution in [0.2, 0.25) is 0 Å². The fraction of sp³-hybridized carbons (Fsp3) is 0.950. The number of nitrogens with one attached hydrogen (secondary N) is 1. The maximum absolute atomic E-state index is 12.8. The Kier molecular flexibility index (Phi) is 6.42. The van der Waals surface area contributed by atoms with Gasteiger partial charge in [-0.15, -0.1) is 0 Å². The van der Waals surface area contributed by atoms with Crippen LogP contribution >= 0.6 is 0 Å². The van der Waals surface area contributed by atoms with Gasteiger partial charge in [0, 0.05) is 36.7 Å². The Bertz CT molecular complexity index is 450. The van der Waals surface area contributed by atoms with E-state index in [9.17, 15) is 9.90 Å². The first kappa shape index (κ1) is 20.5. The summed E-state index contributed by atoms with van der Waals surface area (Å²) in [6.07, 6.45) is 7.59. The molecule has 1 aliphatic heterocycles. The zero-order valence-electron chi connectivity index (χ0n) is 16.9. The Morgan fingerprint density at radius 3 is 2.40 bits per heavy atom. The Morgan fingerprint density at radius 1 is 1.20 bits per heavy atom. The molecular weight excluding hydrogens is 316 g/mol. The lowest BCUT2D eigenvalue weighted by molar-refractivity contribution is -0.0338. The molecule has 1 heterocycles. The number of aliphatic hydroxyl groups excluding tert-OH is 1. The summed E-state index contributed by atoms with van der Waals surface area (Å²) in [7, 11) is 0. The molecule has 0 bridgehead atoms. The van der Waals surface area contributed by atoms with Gasteiger partial charge in [-0.05, 0) is 46.5 Å². The second-order valence-corrected chi connectivity index (χ2v) is 9.81. The van der Waals surface area contributed by atoms with Crippen molar-refractivity contribution in [2.24, 2.45) is 5.41 Å². The number of piperidine rings is 1. The second-order valence-electron chi connectivity index (χ2n) is 9.81. The van der Waals surface area contributed by atoms with Crippen LogP contribution in [0.25, 0.3) is 0 Å². The largest absolute Gasteiger partial charge is 0.444 e. The number of ether oxygens (including phenoxy) is 1. The van der Waals surface area contributed by atoms with Gasteiger partial charge in [0.15, 0.2) is 0 Å². The first-order valence-corrected chi connectivity index (χ1v) is 9.92. The highest BCUT2D eigenvalue weighted by Crippen LogP contribution is 2.41. The lowest BCUT2D eigenvalue weighted by Gasteiger charge is -2.52. The summed E-state index contributed by atoms with van der Waals surface area (Å²) in [5.41, 5.74) is -0.616. The molecule has 0 aromatic carbocycles. The van der Waals surface area contributed by atoms with E-state index in [-0.39, 0.29) is 23.7 Å². The van der Waals surface area contributed by atoms with E-state index in [0.717, 1.165) is 38.8 Å². The quantitative estimate of drug-likeness (QED) is 0.808. The molecular formula is C20H38N2O3. The van der Waals surface area contributed by atoms with Crippen LogP contribution in [0.3, 0.4) is 0 Å². The average molecular weight is 355 g/mol. The van der Waals surface area contributed by atoms with E-state index in [0.29, 0.717) is 6.04 Å². The van der Waals surface area contributed by atoms with Crippen molar-refractivity contribution in [3.63, 3.8) is 0 Å². The van der Waals surface area contributed by atoms with Crippen molar-refractivity contribution in [2.45, 2.75) is 96.7 Å². The van der Waals surface area contributed by atoms with Crippen LogP contribution < -0.4 is 5.32 Å². The van der Waals surface area contributed by atoms with Gasteiger partial charge in [-0.3, -0.25) is 0 Å². The number of nitrogens with zero attached hydrogens (tertiary/aromatic N) is 1. The van der Waals surface area contributed by atoms with Crippen LogP contribution in [0, 0.1) is 5.41 Å². The summed E-state index contributed by atoms with van der Waals surface area (Å²) in [4.78, 5) is 14.8. The van der Waals surface area contributed by atoms with E-state index in [4.69, 9.17) is 4.74 Å². The van der Waals surface area contributed by atoms with Crippen LogP contribution in [0.1, 0.15) is 79.6 Å². The SMILES string of the molecule is CC(C)(CO)CNC1CCN(C(=O)OC(C)(C)C)C2(CCCCC2)C1. The molecule has 1 aliphatic carbocycles. The highest BCUT2D eigenvalue weighted by atomic mass is 16.6. The molecule has 0 aromatic rings. The van der Waals surface area contributed by atoms with Crippen LogP contribution in [-0.2, 0) is 4.74 Å². The molecule has 2 aliphatic rings. The molecule has 5 nitrogen and oxygen atoms in total. The number of carbonyl (C=O) groups is 1. The van der Waals surface area contributed by atoms with Gasteiger partial charge >= 0.3 is 6.09 Å². The number of hydrogen-bond donors (Lipinski definition) is 2. The molecule has 25 heavy (non-hydrogen) atoms. The van der Waals surface area contributed by atoms with Gasteiger partial charge in [0.1, 0.15) is 5.60 Å². The smallest absolute Gasteiger partial charge is 0.410 e. The highest BCUT2D eigenvalue weighted by Gasteiger charge is 2.46. The van der Waals surface area contributed by atoms with Gasteiger partial charge in [-0.25, -0.2) is 4.79 Å². The van der Waals surface area contributed by atoms with Crippen molar-refractivity contribution in [2.75, 3.05) is 19.7 Å². The predicted molar refractivity (Wildman–Crippen MR) is 101 cm³/mol. The Labute approximate surface area is 153 Å². The van der Waals surface area contributed by atoms with Crippen molar-refractivity contribution in [1.29, 1.82) is 0 Å². The molecule has 1 amide bonds. The maximum atomic E-state index is 12.8. The molecule has 2 fully saturated rings. The molecule has 2 rings (SSSR count). The van der Waals surface area contributed by atoms with Crippen molar-refractivity contribution in [3.8, 4) is 0 Å². The van der Waals surface area contributed by atoms with Gasteiger partial charge in [0.25, 0.3) is 0 Å². The molecule has 0 radical (unpaired) electrons. The van der Waals surface area contributed by atoms with E-state index >= 15 is 0 Å². The summed E-state index contributed by atoms with van der Waals surface area (Å²) in [6, 6.07) is 0.405. The van der Waals surface area contributed by atoms with Crippen molar-refractivity contribution in [3.05, 3.63) is 0 Å². The van der Waals surface area contributed by atoms with E-state index in [1.165, 1.54) is 19.3 Å². The van der Waals surface area contributed by atoms with Crippen LogP contribution in [0.5, 0.6) is 0 Å². The molecule has 1 atom stereocenters. The van der Waals surface area contributed by atoms with E-state index in [1.807, 2.05) is 25.7 Å². The molecule has 1 unspecified atom stereocenters. The fourth-order valence-corrected chi connectivity index (χ4v) is 4.13. The third-order valence-corrected chi connectivity index (χ3v) is 5.60. The predicted octanol–water partition coefficient (Wildman–Crippen LogP) is 3.70. The van der Waals surface area contributed by atoms with E-state index in [1.54, 1.807) is 0 Å². The van der Waals surface area contributed by atoms with Crippen LogP contribution in [-0.4, -0.2) is 53.0 Å². The number of carbonyl (C=O) groups excluding carboxylic acids is 1. The van der Waals surface area contributed by atoms with E-state index < -0.39 is 5.60 Å². The van der Waals surface area contributed by atoms with Gasteiger partial charge in [0.05, 0.1) is 0 Å². The third kappa shape index (κ3) is 5.58. The summed E-state index contributed by atoms with van der Waals surface area (Å²) in [5, 5.41) is 13.1. The Morgan fingerprint density at radius 2 is 1.84 bits per heavy atom. The van der Waals surface area contributed by atoms with Crippen molar-refractivity contribution < 1.29 is 14.6 Å². The van der Waals surface area contributed by atoms with Crippen LogP contribution in [0.4, 0.5) is 4.79 Å². The topological polar surface area (TPSA) is 61.8 Å². The van der Waals surface area contributed by atoms with E-state index in [2.05, 4.69) is 19.2 Å². The number of hydrogen-bond acceptors (Lipinski definition) is 4. The van der Waals surface area contributed by atoms with Crippen molar-refractivity contribution >= 4 is 6.09 Å². The molecule has 5 heteroatoms. The maximum Gasteiger partial charge on any atom is 0.410 e. The summed E-state index contributed by atoms with van der Waals surface area (Å²) >= 11 is 0.